The van der Waals surface area contributed by atoms with Crippen molar-refractivity contribution < 1.29 is 4.79 Å². The molecule has 0 aromatic carbocycles. The van der Waals surface area contributed by atoms with Crippen molar-refractivity contribution in [3.63, 3.8) is 0 Å². The van der Waals surface area contributed by atoms with Crippen LogP contribution in [0, 0.1) is 17.8 Å². The van der Waals surface area contributed by atoms with Crippen LogP contribution >= 0.6 is 0 Å². The van der Waals surface area contributed by atoms with Gasteiger partial charge in [0.25, 0.3) is 0 Å². The van der Waals surface area contributed by atoms with Crippen molar-refractivity contribution in [1.82, 2.24) is 9.80 Å². The van der Waals surface area contributed by atoms with E-state index in [1.165, 1.54) is 64.6 Å². The lowest BCUT2D eigenvalue weighted by Crippen LogP contribution is -2.40. The average Bonchev–Trinajstić information content (AvgIpc) is 2.51. The maximum absolute atomic E-state index is 12.0. The van der Waals surface area contributed by atoms with Gasteiger partial charge in [-0.25, -0.2) is 0 Å². The number of carbonyl (C=O) groups excluding carboxylic acids is 1. The van der Waals surface area contributed by atoms with E-state index in [1.807, 2.05) is 25.8 Å². The highest BCUT2D eigenvalue weighted by atomic mass is 16.2. The molecule has 0 saturated carbocycles. The van der Waals surface area contributed by atoms with E-state index in [1.54, 1.807) is 0 Å². The van der Waals surface area contributed by atoms with Crippen LogP contribution in [0.2, 0.25) is 0 Å². The molecule has 3 heteroatoms. The molecule has 0 aromatic heterocycles. The molecule has 136 valence electrons. The Morgan fingerprint density at radius 3 is 2.22 bits per heavy atom. The molecule has 0 unspecified atom stereocenters. The Balaban J connectivity index is 2.08. The van der Waals surface area contributed by atoms with Crippen LogP contribution in [0.5, 0.6) is 0 Å². The third-order valence-corrected chi connectivity index (χ3v) is 5.12. The summed E-state index contributed by atoms with van der Waals surface area (Å²) in [5.74, 6) is 1.96. The lowest BCUT2D eigenvalue weighted by Gasteiger charge is -2.34. The van der Waals surface area contributed by atoms with Gasteiger partial charge in [-0.2, -0.15) is 0 Å². The number of likely N-dealkylation sites (tertiary alicyclic amines) is 1. The first-order valence-corrected chi connectivity index (χ1v) is 9.87. The van der Waals surface area contributed by atoms with Crippen molar-refractivity contribution in [2.24, 2.45) is 17.8 Å². The van der Waals surface area contributed by atoms with Crippen molar-refractivity contribution in [2.75, 3.05) is 33.2 Å². The maximum Gasteiger partial charge on any atom is 0.224 e. The Morgan fingerprint density at radius 1 is 1.04 bits per heavy atom. The fourth-order valence-corrected chi connectivity index (χ4v) is 3.55. The number of piperidine rings is 1. The highest BCUT2D eigenvalue weighted by molar-refractivity contribution is 5.77. The van der Waals surface area contributed by atoms with Gasteiger partial charge in [-0.05, 0) is 50.7 Å². The molecule has 0 radical (unpaired) electrons. The molecule has 1 aliphatic heterocycles. The summed E-state index contributed by atoms with van der Waals surface area (Å²) in [6, 6.07) is 0. The van der Waals surface area contributed by atoms with Gasteiger partial charge >= 0.3 is 0 Å². The lowest BCUT2D eigenvalue weighted by molar-refractivity contribution is -0.133. The second-order valence-corrected chi connectivity index (χ2v) is 8.26. The normalized spacial score (nSPS) is 17.2. The molecule has 1 amide bonds. The Morgan fingerprint density at radius 2 is 1.65 bits per heavy atom. The van der Waals surface area contributed by atoms with Crippen LogP contribution in [0.4, 0.5) is 0 Å². The van der Waals surface area contributed by atoms with Crippen molar-refractivity contribution in [3.8, 4) is 0 Å². The molecule has 23 heavy (non-hydrogen) atoms. The molecular weight excluding hydrogens is 284 g/mol. The van der Waals surface area contributed by atoms with Crippen LogP contribution in [0.25, 0.3) is 0 Å². The average molecular weight is 325 g/mol. The zero-order chi connectivity index (χ0) is 17.2. The summed E-state index contributed by atoms with van der Waals surface area (Å²) in [6.45, 7) is 13.3. The second-order valence-electron chi connectivity index (χ2n) is 8.26. The Labute approximate surface area is 144 Å². The highest BCUT2D eigenvalue weighted by Gasteiger charge is 2.22. The summed E-state index contributed by atoms with van der Waals surface area (Å²) in [7, 11) is 1.96. The summed E-state index contributed by atoms with van der Waals surface area (Å²) in [6.07, 6.45) is 9.43. The third kappa shape index (κ3) is 8.74. The summed E-state index contributed by atoms with van der Waals surface area (Å²) in [5.41, 5.74) is 0. The van der Waals surface area contributed by atoms with Crippen molar-refractivity contribution in [1.29, 1.82) is 0 Å². The topological polar surface area (TPSA) is 23.6 Å². The first kappa shape index (κ1) is 20.5. The predicted octanol–water partition coefficient (Wildman–Crippen LogP) is 4.42. The van der Waals surface area contributed by atoms with Crippen LogP contribution in [0.1, 0.15) is 72.6 Å². The third-order valence-electron chi connectivity index (χ3n) is 5.12. The Kier molecular flexibility index (Phi) is 9.85. The van der Waals surface area contributed by atoms with E-state index < -0.39 is 0 Å². The second kappa shape index (κ2) is 11.1. The number of rotatable bonds is 10. The summed E-state index contributed by atoms with van der Waals surface area (Å²) >= 11 is 0. The first-order valence-electron chi connectivity index (χ1n) is 9.87. The molecule has 0 aliphatic carbocycles. The zero-order valence-corrected chi connectivity index (χ0v) is 16.3. The minimum Gasteiger partial charge on any atom is -0.345 e. The van der Waals surface area contributed by atoms with Crippen molar-refractivity contribution >= 4 is 5.91 Å². The van der Waals surface area contributed by atoms with Gasteiger partial charge in [0.15, 0.2) is 0 Å². The Hall–Kier alpha value is -0.570. The molecule has 0 N–H and O–H groups in total. The fourth-order valence-electron chi connectivity index (χ4n) is 3.55. The SMILES string of the molecule is CC(C)CCCCCCN1CCC(CN(C)C(=O)C(C)C)CC1. The summed E-state index contributed by atoms with van der Waals surface area (Å²) in [5, 5.41) is 0. The van der Waals surface area contributed by atoms with Gasteiger partial charge in [0, 0.05) is 19.5 Å². The number of carbonyl (C=O) groups is 1. The minimum absolute atomic E-state index is 0.121. The van der Waals surface area contributed by atoms with E-state index >= 15 is 0 Å². The molecule has 0 atom stereocenters. The van der Waals surface area contributed by atoms with Gasteiger partial charge in [0.05, 0.1) is 0 Å². The van der Waals surface area contributed by atoms with Crippen LogP contribution in [-0.2, 0) is 4.79 Å². The first-order chi connectivity index (χ1) is 10.9. The van der Waals surface area contributed by atoms with Crippen molar-refractivity contribution in [3.05, 3.63) is 0 Å². The van der Waals surface area contributed by atoms with E-state index in [9.17, 15) is 4.79 Å². The summed E-state index contributed by atoms with van der Waals surface area (Å²) in [4.78, 5) is 16.5. The molecule has 0 aromatic rings. The fraction of sp³-hybridized carbons (Fsp3) is 0.950. The quantitative estimate of drug-likeness (QED) is 0.555. The van der Waals surface area contributed by atoms with Gasteiger partial charge in [0.2, 0.25) is 5.91 Å². The molecule has 0 bridgehead atoms. The molecule has 1 saturated heterocycles. The number of nitrogens with zero attached hydrogens (tertiary/aromatic N) is 2. The molecule has 1 rings (SSSR count). The van der Waals surface area contributed by atoms with Crippen molar-refractivity contribution in [2.45, 2.75) is 72.6 Å². The molecule has 1 heterocycles. The summed E-state index contributed by atoms with van der Waals surface area (Å²) < 4.78 is 0. The van der Waals surface area contributed by atoms with Gasteiger partial charge in [-0.3, -0.25) is 4.79 Å². The van der Waals surface area contributed by atoms with Gasteiger partial charge < -0.3 is 9.80 Å². The van der Waals surface area contributed by atoms with Gasteiger partial charge in [-0.15, -0.1) is 0 Å². The monoisotopic (exact) mass is 324 g/mol. The molecule has 3 nitrogen and oxygen atoms in total. The standard InChI is InChI=1S/C20H40N2O/c1-17(2)10-8-6-7-9-13-22-14-11-19(12-15-22)16-21(5)20(23)18(3)4/h17-19H,6-16H2,1-5H3. The molecule has 1 fully saturated rings. The number of hydrogen-bond donors (Lipinski definition) is 0. The van der Waals surface area contributed by atoms with Crippen LogP contribution in [-0.4, -0.2) is 48.9 Å². The van der Waals surface area contributed by atoms with Gasteiger partial charge in [-0.1, -0.05) is 53.4 Å². The molecule has 1 aliphatic rings. The number of hydrogen-bond acceptors (Lipinski definition) is 2. The van der Waals surface area contributed by atoms with E-state index in [-0.39, 0.29) is 11.8 Å². The van der Waals surface area contributed by atoms with E-state index in [0.29, 0.717) is 5.92 Å². The predicted molar refractivity (Wildman–Crippen MR) is 99.6 cm³/mol. The smallest absolute Gasteiger partial charge is 0.224 e. The molecule has 0 spiro atoms. The zero-order valence-electron chi connectivity index (χ0n) is 16.3. The molecular formula is C20H40N2O. The lowest BCUT2D eigenvalue weighted by atomic mass is 9.95. The number of amides is 1. The maximum atomic E-state index is 12.0. The Bertz CT molecular complexity index is 320. The van der Waals surface area contributed by atoms with Crippen LogP contribution in [0.15, 0.2) is 0 Å². The highest BCUT2D eigenvalue weighted by Crippen LogP contribution is 2.19. The van der Waals surface area contributed by atoms with Gasteiger partial charge in [0.1, 0.15) is 0 Å². The largest absolute Gasteiger partial charge is 0.345 e. The van der Waals surface area contributed by atoms with Crippen LogP contribution < -0.4 is 0 Å². The van der Waals surface area contributed by atoms with E-state index in [0.717, 1.165) is 12.5 Å². The minimum atomic E-state index is 0.121. The van der Waals surface area contributed by atoms with Crippen LogP contribution in [0.3, 0.4) is 0 Å². The number of unbranched alkanes of at least 4 members (excludes halogenated alkanes) is 3. The van der Waals surface area contributed by atoms with E-state index in [2.05, 4.69) is 18.7 Å². The van der Waals surface area contributed by atoms with E-state index in [4.69, 9.17) is 0 Å².